The lowest BCUT2D eigenvalue weighted by Crippen LogP contribution is -2.31. The van der Waals surface area contributed by atoms with Crippen LogP contribution in [0.1, 0.15) is 13.8 Å². The highest BCUT2D eigenvalue weighted by Crippen LogP contribution is 2.33. The van der Waals surface area contributed by atoms with Crippen LogP contribution in [-0.4, -0.2) is 56.1 Å². The molecule has 0 fully saturated rings. The lowest BCUT2D eigenvalue weighted by atomic mass is 9.94. The lowest BCUT2D eigenvalue weighted by Gasteiger charge is -2.17. The number of carbonyl (C=O) groups excluding carboxylic acids is 3. The molecule has 8 heteroatoms. The maximum absolute atomic E-state index is 12.0. The van der Waals surface area contributed by atoms with Crippen LogP contribution in [0.3, 0.4) is 0 Å². The van der Waals surface area contributed by atoms with Crippen LogP contribution in [-0.2, 0) is 23.9 Å². The quantitative estimate of drug-likeness (QED) is 0.691. The molecule has 0 N–H and O–H groups in total. The number of hydrogen-bond donors (Lipinski definition) is 0. The smallest absolute Gasteiger partial charge is 0.359 e. The van der Waals surface area contributed by atoms with E-state index in [-0.39, 0.29) is 17.2 Å². The summed E-state index contributed by atoms with van der Waals surface area (Å²) >= 11 is 0. The summed E-state index contributed by atoms with van der Waals surface area (Å²) in [5.41, 5.74) is -1.21. The van der Waals surface area contributed by atoms with Gasteiger partial charge in [0.1, 0.15) is 11.1 Å². The first-order valence-corrected chi connectivity index (χ1v) is 5.84. The molecule has 0 unspecified atom stereocenters. The zero-order valence-corrected chi connectivity index (χ0v) is 12.1. The first-order chi connectivity index (χ1) is 9.20. The third kappa shape index (κ3) is 3.19. The van der Waals surface area contributed by atoms with E-state index in [0.29, 0.717) is 0 Å². The molecule has 0 bridgehead atoms. The van der Waals surface area contributed by atoms with Gasteiger partial charge in [0.25, 0.3) is 5.91 Å². The maximum atomic E-state index is 12.0. The SMILES string of the molecule is COC(=O)C1=C(C(=O)OCC(=O)N(C)C)C(C)(C)N=N1. The Hall–Kier alpha value is -2.25. The monoisotopic (exact) mass is 283 g/mol. The van der Waals surface area contributed by atoms with Crippen molar-refractivity contribution in [2.24, 2.45) is 10.2 Å². The Kier molecular flexibility index (Phi) is 4.59. The summed E-state index contributed by atoms with van der Waals surface area (Å²) < 4.78 is 9.43. The van der Waals surface area contributed by atoms with Crippen molar-refractivity contribution in [3.8, 4) is 0 Å². The molecule has 0 aliphatic carbocycles. The van der Waals surface area contributed by atoms with Crippen LogP contribution in [0, 0.1) is 0 Å². The Labute approximate surface area is 116 Å². The molecule has 0 radical (unpaired) electrons. The van der Waals surface area contributed by atoms with Gasteiger partial charge in [-0.1, -0.05) is 0 Å². The van der Waals surface area contributed by atoms with E-state index in [2.05, 4.69) is 15.0 Å². The molecule has 1 aliphatic heterocycles. The number of likely N-dealkylation sites (N-methyl/N-ethyl adjacent to an activating group) is 1. The maximum Gasteiger partial charge on any atom is 0.359 e. The third-order valence-corrected chi connectivity index (χ3v) is 2.66. The number of esters is 2. The molecule has 0 aromatic carbocycles. The van der Waals surface area contributed by atoms with Crippen molar-refractivity contribution < 1.29 is 23.9 Å². The summed E-state index contributed by atoms with van der Waals surface area (Å²) in [6.45, 7) is 2.80. The van der Waals surface area contributed by atoms with E-state index in [4.69, 9.17) is 4.74 Å². The van der Waals surface area contributed by atoms with Gasteiger partial charge in [0.05, 0.1) is 7.11 Å². The van der Waals surface area contributed by atoms with Crippen LogP contribution >= 0.6 is 0 Å². The zero-order chi connectivity index (χ0) is 15.5. The van der Waals surface area contributed by atoms with Crippen molar-refractivity contribution in [1.29, 1.82) is 0 Å². The molecular formula is C12H17N3O5. The number of rotatable bonds is 4. The lowest BCUT2D eigenvalue weighted by molar-refractivity contribution is -0.148. The molecular weight excluding hydrogens is 266 g/mol. The van der Waals surface area contributed by atoms with Gasteiger partial charge in [0.15, 0.2) is 12.3 Å². The highest BCUT2D eigenvalue weighted by Gasteiger charge is 2.40. The van der Waals surface area contributed by atoms with E-state index in [9.17, 15) is 14.4 Å². The topological polar surface area (TPSA) is 97.6 Å². The van der Waals surface area contributed by atoms with E-state index in [0.717, 1.165) is 0 Å². The summed E-state index contributed by atoms with van der Waals surface area (Å²) in [5, 5.41) is 7.50. The van der Waals surface area contributed by atoms with Gasteiger partial charge in [-0.05, 0) is 13.8 Å². The van der Waals surface area contributed by atoms with Gasteiger partial charge in [-0.2, -0.15) is 5.11 Å². The summed E-state index contributed by atoms with van der Waals surface area (Å²) in [6, 6.07) is 0. The average Bonchev–Trinajstić information content (AvgIpc) is 2.70. The minimum atomic E-state index is -0.998. The average molecular weight is 283 g/mol. The fraction of sp³-hybridized carbons (Fsp3) is 0.583. The molecule has 0 saturated carbocycles. The molecule has 0 spiro atoms. The highest BCUT2D eigenvalue weighted by atomic mass is 16.5. The van der Waals surface area contributed by atoms with E-state index in [1.54, 1.807) is 27.9 Å². The van der Waals surface area contributed by atoms with Crippen LogP contribution in [0.2, 0.25) is 0 Å². The number of azo groups is 1. The Bertz CT molecular complexity index is 505. The van der Waals surface area contributed by atoms with E-state index < -0.39 is 24.1 Å². The van der Waals surface area contributed by atoms with Crippen LogP contribution in [0.5, 0.6) is 0 Å². The second-order valence-corrected chi connectivity index (χ2v) is 4.84. The van der Waals surface area contributed by atoms with Crippen molar-refractivity contribution in [2.75, 3.05) is 27.8 Å². The first-order valence-electron chi connectivity index (χ1n) is 5.84. The van der Waals surface area contributed by atoms with Gasteiger partial charge in [0, 0.05) is 14.1 Å². The predicted molar refractivity (Wildman–Crippen MR) is 67.6 cm³/mol. The van der Waals surface area contributed by atoms with E-state index >= 15 is 0 Å². The number of hydrogen-bond acceptors (Lipinski definition) is 7. The zero-order valence-electron chi connectivity index (χ0n) is 12.1. The van der Waals surface area contributed by atoms with E-state index in [1.807, 2.05) is 0 Å². The van der Waals surface area contributed by atoms with Crippen LogP contribution in [0.4, 0.5) is 0 Å². The van der Waals surface area contributed by atoms with Crippen LogP contribution in [0.25, 0.3) is 0 Å². The summed E-state index contributed by atoms with van der Waals surface area (Å²) in [6.07, 6.45) is 0. The number of carbonyl (C=O) groups is 3. The fourth-order valence-corrected chi connectivity index (χ4v) is 1.48. The van der Waals surface area contributed by atoms with Gasteiger partial charge in [-0.15, -0.1) is 5.11 Å². The second kappa shape index (κ2) is 5.81. The minimum Gasteiger partial charge on any atom is -0.464 e. The van der Waals surface area contributed by atoms with E-state index in [1.165, 1.54) is 12.0 Å². The molecule has 110 valence electrons. The van der Waals surface area contributed by atoms with Crippen molar-refractivity contribution in [1.82, 2.24) is 4.90 Å². The number of methoxy groups -OCH3 is 1. The number of nitrogens with zero attached hydrogens (tertiary/aromatic N) is 3. The predicted octanol–water partition coefficient (Wildman–Crippen LogP) is 0.289. The van der Waals surface area contributed by atoms with Gasteiger partial charge in [-0.3, -0.25) is 4.79 Å². The molecule has 0 aromatic heterocycles. The molecule has 1 heterocycles. The molecule has 8 nitrogen and oxygen atoms in total. The van der Waals surface area contributed by atoms with Gasteiger partial charge in [0.2, 0.25) is 0 Å². The van der Waals surface area contributed by atoms with Crippen molar-refractivity contribution >= 4 is 17.8 Å². The summed E-state index contributed by atoms with van der Waals surface area (Å²) in [7, 11) is 4.26. The molecule has 1 amide bonds. The molecule has 0 aromatic rings. The van der Waals surface area contributed by atoms with Crippen molar-refractivity contribution in [3.63, 3.8) is 0 Å². The Morgan fingerprint density at radius 3 is 2.30 bits per heavy atom. The highest BCUT2D eigenvalue weighted by molar-refractivity contribution is 6.02. The molecule has 20 heavy (non-hydrogen) atoms. The number of amides is 1. The first kappa shape index (κ1) is 15.8. The Morgan fingerprint density at radius 1 is 1.20 bits per heavy atom. The molecule has 0 saturated heterocycles. The minimum absolute atomic E-state index is 0.0177. The van der Waals surface area contributed by atoms with Crippen LogP contribution < -0.4 is 0 Å². The Morgan fingerprint density at radius 2 is 1.80 bits per heavy atom. The van der Waals surface area contributed by atoms with Crippen molar-refractivity contribution in [3.05, 3.63) is 11.3 Å². The standard InChI is InChI=1S/C12H17N3O5/c1-12(2)8(9(13-14-12)11(18)19-5)10(17)20-6-7(16)15(3)4/h6H2,1-5H3. The van der Waals surface area contributed by atoms with Gasteiger partial charge < -0.3 is 14.4 Å². The third-order valence-electron chi connectivity index (χ3n) is 2.66. The molecule has 0 atom stereocenters. The largest absolute Gasteiger partial charge is 0.464 e. The molecule has 1 rings (SSSR count). The molecule has 1 aliphatic rings. The van der Waals surface area contributed by atoms with Crippen LogP contribution in [0.15, 0.2) is 21.5 Å². The summed E-state index contributed by atoms with van der Waals surface area (Å²) in [5.74, 6) is -1.95. The summed E-state index contributed by atoms with van der Waals surface area (Å²) in [4.78, 5) is 36.3. The number of ether oxygens (including phenoxy) is 2. The Balaban J connectivity index is 2.93. The van der Waals surface area contributed by atoms with Crippen molar-refractivity contribution in [2.45, 2.75) is 19.4 Å². The van der Waals surface area contributed by atoms with Gasteiger partial charge in [-0.25, -0.2) is 9.59 Å². The fourth-order valence-electron chi connectivity index (χ4n) is 1.48. The second-order valence-electron chi connectivity index (χ2n) is 4.84. The normalized spacial score (nSPS) is 16.1. The van der Waals surface area contributed by atoms with Gasteiger partial charge >= 0.3 is 11.9 Å².